The highest BCUT2D eigenvalue weighted by Crippen LogP contribution is 2.36. The molecule has 1 aliphatic rings. The minimum Gasteiger partial charge on any atom is -0.394 e. The Hall–Kier alpha value is -2.35. The standard InChI is InChI=1S/C19H26F3N5/c1-18(13-26-15-8-4-5-9-16(15)27-18)14(17(24)19(20,21)22)12-25-11-7-3-2-6-10-23/h4-5,8-9,12-13,27H,2-3,6-7,10-11,23-24H2,1H3. The van der Waals surface area contributed by atoms with Crippen LogP contribution in [-0.4, -0.2) is 37.2 Å². The van der Waals surface area contributed by atoms with E-state index in [0.717, 1.165) is 25.7 Å². The van der Waals surface area contributed by atoms with Gasteiger partial charge in [-0.25, -0.2) is 0 Å². The summed E-state index contributed by atoms with van der Waals surface area (Å²) >= 11 is 0. The fourth-order valence-electron chi connectivity index (χ4n) is 2.83. The van der Waals surface area contributed by atoms with E-state index in [1.165, 1.54) is 12.4 Å². The Balaban J connectivity index is 2.22. The number of halogens is 3. The second kappa shape index (κ2) is 9.03. The first-order chi connectivity index (χ1) is 12.8. The lowest BCUT2D eigenvalue weighted by molar-refractivity contribution is -0.0934. The molecule has 1 aromatic rings. The van der Waals surface area contributed by atoms with Crippen LogP contribution >= 0.6 is 0 Å². The third-order valence-corrected chi connectivity index (χ3v) is 4.38. The molecule has 0 spiro atoms. The van der Waals surface area contributed by atoms with Crippen LogP contribution in [0.5, 0.6) is 0 Å². The third-order valence-electron chi connectivity index (χ3n) is 4.38. The molecule has 1 atom stereocenters. The van der Waals surface area contributed by atoms with Crippen molar-refractivity contribution in [3.05, 3.63) is 35.5 Å². The number of rotatable bonds is 8. The predicted molar refractivity (Wildman–Crippen MR) is 105 cm³/mol. The van der Waals surface area contributed by atoms with Gasteiger partial charge in [0.15, 0.2) is 0 Å². The van der Waals surface area contributed by atoms with Gasteiger partial charge in [0, 0.05) is 24.5 Å². The first-order valence-corrected chi connectivity index (χ1v) is 8.97. The lowest BCUT2D eigenvalue weighted by Crippen LogP contribution is -2.44. The topological polar surface area (TPSA) is 88.8 Å². The number of benzene rings is 1. The molecular weight excluding hydrogens is 355 g/mol. The van der Waals surface area contributed by atoms with Crippen LogP contribution in [0.25, 0.3) is 0 Å². The second-order valence-corrected chi connectivity index (χ2v) is 6.67. The van der Waals surface area contributed by atoms with Crippen LogP contribution in [0.4, 0.5) is 24.5 Å². The Morgan fingerprint density at radius 2 is 1.93 bits per heavy atom. The quantitative estimate of drug-likeness (QED) is 0.471. The van der Waals surface area contributed by atoms with Gasteiger partial charge in [0.2, 0.25) is 0 Å². The van der Waals surface area contributed by atoms with Gasteiger partial charge in [0.1, 0.15) is 5.70 Å². The Morgan fingerprint density at radius 1 is 1.22 bits per heavy atom. The summed E-state index contributed by atoms with van der Waals surface area (Å²) in [6.45, 7) is 2.68. The van der Waals surface area contributed by atoms with Crippen molar-refractivity contribution < 1.29 is 13.2 Å². The molecule has 1 unspecified atom stereocenters. The maximum atomic E-state index is 13.3. The third kappa shape index (κ3) is 5.56. The highest BCUT2D eigenvalue weighted by atomic mass is 19.4. The first kappa shape index (κ1) is 21.0. The Kier molecular flexibility index (Phi) is 7.01. The van der Waals surface area contributed by atoms with Crippen molar-refractivity contribution in [3.8, 4) is 0 Å². The Labute approximate surface area is 157 Å². The van der Waals surface area contributed by atoms with Gasteiger partial charge in [-0.05, 0) is 38.4 Å². The van der Waals surface area contributed by atoms with E-state index in [9.17, 15) is 13.2 Å². The molecule has 5 nitrogen and oxygen atoms in total. The van der Waals surface area contributed by atoms with Gasteiger partial charge in [-0.3, -0.25) is 9.98 Å². The molecule has 0 aromatic heterocycles. The molecule has 0 fully saturated rings. The number of alkyl halides is 3. The van der Waals surface area contributed by atoms with Crippen molar-refractivity contribution in [2.24, 2.45) is 21.5 Å². The fourth-order valence-corrected chi connectivity index (χ4v) is 2.83. The molecule has 1 aromatic carbocycles. The average molecular weight is 381 g/mol. The molecule has 0 radical (unpaired) electrons. The highest BCUT2D eigenvalue weighted by Gasteiger charge is 2.40. The molecule has 1 aliphatic heterocycles. The number of unbranched alkanes of at least 4 members (excludes halogenated alkanes) is 3. The second-order valence-electron chi connectivity index (χ2n) is 6.67. The molecule has 0 saturated heterocycles. The summed E-state index contributed by atoms with van der Waals surface area (Å²) in [4.78, 5) is 8.48. The number of allylic oxidation sites excluding steroid dienone is 1. The molecule has 148 valence electrons. The van der Waals surface area contributed by atoms with E-state index in [4.69, 9.17) is 11.5 Å². The van der Waals surface area contributed by atoms with E-state index >= 15 is 0 Å². The van der Waals surface area contributed by atoms with Crippen LogP contribution in [0, 0.1) is 0 Å². The van der Waals surface area contributed by atoms with Crippen LogP contribution in [0.2, 0.25) is 0 Å². The number of nitrogens with zero attached hydrogens (tertiary/aromatic N) is 2. The largest absolute Gasteiger partial charge is 0.431 e. The van der Waals surface area contributed by atoms with Crippen molar-refractivity contribution in [3.63, 3.8) is 0 Å². The highest BCUT2D eigenvalue weighted by molar-refractivity contribution is 5.98. The van der Waals surface area contributed by atoms with Crippen LogP contribution in [0.3, 0.4) is 0 Å². The van der Waals surface area contributed by atoms with Crippen LogP contribution < -0.4 is 16.8 Å². The van der Waals surface area contributed by atoms with E-state index in [0.29, 0.717) is 24.5 Å². The molecule has 0 bridgehead atoms. The predicted octanol–water partition coefficient (Wildman–Crippen LogP) is 3.94. The number of hydrogen-bond acceptors (Lipinski definition) is 5. The molecule has 5 N–H and O–H groups in total. The molecular formula is C19H26F3N5. The number of fused-ring (bicyclic) bond motifs is 1. The van der Waals surface area contributed by atoms with Gasteiger partial charge in [-0.15, -0.1) is 0 Å². The van der Waals surface area contributed by atoms with Gasteiger partial charge in [0.25, 0.3) is 0 Å². The number of anilines is 1. The molecule has 0 aliphatic carbocycles. The SMILES string of the molecule is CC1(C(C=NCCCCCCN)=C(N)C(F)(F)F)C=Nc2ccccc2N1. The molecule has 8 heteroatoms. The van der Waals surface area contributed by atoms with Gasteiger partial charge in [0.05, 0.1) is 16.9 Å². The summed E-state index contributed by atoms with van der Waals surface area (Å²) in [5.41, 5.74) is 9.68. The van der Waals surface area contributed by atoms with Crippen LogP contribution in [-0.2, 0) is 0 Å². The molecule has 1 heterocycles. The first-order valence-electron chi connectivity index (χ1n) is 8.97. The number of para-hydroxylation sites is 2. The maximum absolute atomic E-state index is 13.3. The zero-order valence-corrected chi connectivity index (χ0v) is 15.4. The van der Waals surface area contributed by atoms with Crippen LogP contribution in [0.15, 0.2) is 45.5 Å². The van der Waals surface area contributed by atoms with E-state index in [1.54, 1.807) is 25.1 Å². The summed E-state index contributed by atoms with van der Waals surface area (Å²) in [5, 5.41) is 3.10. The zero-order chi connectivity index (χ0) is 19.9. The smallest absolute Gasteiger partial charge is 0.394 e. The van der Waals surface area contributed by atoms with Crippen molar-refractivity contribution in [1.29, 1.82) is 0 Å². The molecule has 27 heavy (non-hydrogen) atoms. The minimum absolute atomic E-state index is 0.143. The van der Waals surface area contributed by atoms with Gasteiger partial charge in [-0.2, -0.15) is 13.2 Å². The summed E-state index contributed by atoms with van der Waals surface area (Å²) < 4.78 is 39.9. The Bertz CT molecular complexity index is 724. The summed E-state index contributed by atoms with van der Waals surface area (Å²) in [6, 6.07) is 7.15. The number of nitrogens with two attached hydrogens (primary N) is 2. The van der Waals surface area contributed by atoms with E-state index < -0.39 is 17.4 Å². The van der Waals surface area contributed by atoms with Crippen LogP contribution in [0.1, 0.15) is 32.6 Å². The average Bonchev–Trinajstić information content (AvgIpc) is 2.62. The zero-order valence-electron chi connectivity index (χ0n) is 15.4. The van der Waals surface area contributed by atoms with Crippen molar-refractivity contribution >= 4 is 23.8 Å². The van der Waals surface area contributed by atoms with Gasteiger partial charge < -0.3 is 16.8 Å². The number of hydrogen-bond donors (Lipinski definition) is 3. The molecule has 2 rings (SSSR count). The molecule has 0 amide bonds. The summed E-state index contributed by atoms with van der Waals surface area (Å²) in [7, 11) is 0. The van der Waals surface area contributed by atoms with Crippen molar-refractivity contribution in [1.82, 2.24) is 0 Å². The number of aliphatic imine (C=N–C) groups is 2. The Morgan fingerprint density at radius 3 is 2.63 bits per heavy atom. The van der Waals surface area contributed by atoms with Crippen molar-refractivity contribution in [2.75, 3.05) is 18.4 Å². The maximum Gasteiger partial charge on any atom is 0.431 e. The molecule has 0 saturated carbocycles. The van der Waals surface area contributed by atoms with E-state index in [-0.39, 0.29) is 5.57 Å². The monoisotopic (exact) mass is 381 g/mol. The lowest BCUT2D eigenvalue weighted by atomic mass is 9.89. The van der Waals surface area contributed by atoms with Crippen molar-refractivity contribution in [2.45, 2.75) is 44.3 Å². The van der Waals surface area contributed by atoms with E-state index in [1.807, 2.05) is 6.07 Å². The normalized spacial score (nSPS) is 20.3. The minimum atomic E-state index is -4.65. The lowest BCUT2D eigenvalue weighted by Gasteiger charge is -2.33. The number of nitrogens with one attached hydrogen (secondary N) is 1. The van der Waals surface area contributed by atoms with Gasteiger partial charge in [-0.1, -0.05) is 25.0 Å². The van der Waals surface area contributed by atoms with Gasteiger partial charge >= 0.3 is 6.18 Å². The van der Waals surface area contributed by atoms with E-state index in [2.05, 4.69) is 15.3 Å². The fraction of sp³-hybridized carbons (Fsp3) is 0.474. The summed E-state index contributed by atoms with van der Waals surface area (Å²) in [5.74, 6) is 0. The summed E-state index contributed by atoms with van der Waals surface area (Å²) in [6.07, 6.45) is 1.66.